The predicted molar refractivity (Wildman–Crippen MR) is 216 cm³/mol. The molecular formula is C41H69N5O11. The molecule has 0 saturated carbocycles. The van der Waals surface area contributed by atoms with Crippen molar-refractivity contribution in [2.45, 2.75) is 135 Å². The first-order valence-electron chi connectivity index (χ1n) is 20.7. The van der Waals surface area contributed by atoms with Crippen molar-refractivity contribution in [1.82, 2.24) is 21.3 Å². The monoisotopic (exact) mass is 807 g/mol. The molecule has 0 aliphatic rings. The van der Waals surface area contributed by atoms with E-state index in [-0.39, 0.29) is 81.4 Å². The fourth-order valence-corrected chi connectivity index (χ4v) is 5.66. The van der Waals surface area contributed by atoms with E-state index in [4.69, 9.17) is 25.1 Å². The van der Waals surface area contributed by atoms with Crippen LogP contribution in [0.15, 0.2) is 24.3 Å². The van der Waals surface area contributed by atoms with Crippen LogP contribution in [0.25, 0.3) is 0 Å². The Bertz CT molecular complexity index is 1280. The molecule has 0 spiro atoms. The Morgan fingerprint density at radius 1 is 0.614 bits per heavy atom. The minimum absolute atomic E-state index is 0.0282. The average molecular weight is 808 g/mol. The first-order chi connectivity index (χ1) is 27.5. The third-order valence-corrected chi connectivity index (χ3v) is 9.07. The Morgan fingerprint density at radius 2 is 1.23 bits per heavy atom. The van der Waals surface area contributed by atoms with Gasteiger partial charge in [-0.2, -0.15) is 0 Å². The number of rotatable bonds is 37. The second-order valence-electron chi connectivity index (χ2n) is 14.1. The molecular weight excluding hydrogens is 738 g/mol. The highest BCUT2D eigenvalue weighted by Crippen LogP contribution is 2.14. The molecule has 0 aliphatic heterocycles. The van der Waals surface area contributed by atoms with Crippen LogP contribution < -0.4 is 31.7 Å². The summed E-state index contributed by atoms with van der Waals surface area (Å²) in [5.74, 6) is -2.56. The topological polar surface area (TPSA) is 245 Å². The van der Waals surface area contributed by atoms with Crippen LogP contribution in [0.1, 0.15) is 133 Å². The van der Waals surface area contributed by atoms with Crippen LogP contribution >= 0.6 is 0 Å². The fourth-order valence-electron chi connectivity index (χ4n) is 5.66. The third kappa shape index (κ3) is 28.7. The molecule has 0 aliphatic carbocycles. The number of aliphatic carboxylic acids is 1. The zero-order chi connectivity index (χ0) is 41.9. The van der Waals surface area contributed by atoms with E-state index in [0.29, 0.717) is 51.1 Å². The van der Waals surface area contributed by atoms with Crippen molar-refractivity contribution in [1.29, 1.82) is 0 Å². The van der Waals surface area contributed by atoms with Gasteiger partial charge in [-0.3, -0.25) is 19.2 Å². The van der Waals surface area contributed by atoms with E-state index in [1.807, 2.05) is 0 Å². The number of ether oxygens (including phenoxy) is 3. The maximum atomic E-state index is 12.3. The van der Waals surface area contributed by atoms with Gasteiger partial charge in [0.15, 0.2) is 0 Å². The molecule has 1 aromatic rings. The van der Waals surface area contributed by atoms with Crippen LogP contribution in [0.2, 0.25) is 0 Å². The number of carboxylic acids is 2. The summed E-state index contributed by atoms with van der Waals surface area (Å²) in [4.78, 5) is 70.9. The molecule has 4 amide bonds. The van der Waals surface area contributed by atoms with Crippen LogP contribution in [0.4, 0.5) is 0 Å². The molecule has 0 saturated heterocycles. The first-order valence-corrected chi connectivity index (χ1v) is 20.7. The molecule has 0 unspecified atom stereocenters. The molecule has 8 N–H and O–H groups in total. The van der Waals surface area contributed by atoms with Crippen LogP contribution in [0.3, 0.4) is 0 Å². The Morgan fingerprint density at radius 3 is 1.89 bits per heavy atom. The lowest BCUT2D eigenvalue weighted by Crippen LogP contribution is -2.41. The quantitative estimate of drug-likeness (QED) is 0.0471. The molecule has 0 heterocycles. The van der Waals surface area contributed by atoms with E-state index >= 15 is 0 Å². The van der Waals surface area contributed by atoms with Gasteiger partial charge in [0.05, 0.1) is 38.0 Å². The molecule has 16 nitrogen and oxygen atoms in total. The molecule has 0 bridgehead atoms. The Labute approximate surface area is 338 Å². The number of unbranched alkanes of at least 4 members (excludes halogenated alkanes) is 11. The molecule has 57 heavy (non-hydrogen) atoms. The Balaban J connectivity index is 1.96. The third-order valence-electron chi connectivity index (χ3n) is 9.07. The van der Waals surface area contributed by atoms with Crippen molar-refractivity contribution >= 4 is 35.6 Å². The number of carbonyl (C=O) groups excluding carboxylic acids is 4. The summed E-state index contributed by atoms with van der Waals surface area (Å²) in [5, 5.41) is 29.2. The summed E-state index contributed by atoms with van der Waals surface area (Å²) in [5.41, 5.74) is 6.15. The van der Waals surface area contributed by atoms with Gasteiger partial charge >= 0.3 is 11.9 Å². The van der Waals surface area contributed by atoms with E-state index in [2.05, 4.69) is 28.2 Å². The van der Waals surface area contributed by atoms with Gasteiger partial charge < -0.3 is 51.4 Å². The van der Waals surface area contributed by atoms with E-state index in [9.17, 15) is 33.9 Å². The largest absolute Gasteiger partial charge is 0.494 e. The second-order valence-corrected chi connectivity index (χ2v) is 14.1. The van der Waals surface area contributed by atoms with Crippen molar-refractivity contribution in [3.05, 3.63) is 29.8 Å². The Hall–Kier alpha value is -4.28. The molecule has 324 valence electrons. The SMILES string of the molecule is CCCCCNC(=O)[C@@H](N)CCCCNC(=O)COCCOCCNC(=O)CC[C@H](NC(=O)CCCCCCCCCCCOc1ccc(C(=O)O)cc1)C(=O)O. The lowest BCUT2D eigenvalue weighted by molar-refractivity contribution is -0.142. The van der Waals surface area contributed by atoms with Gasteiger partial charge in [-0.05, 0) is 69.2 Å². The number of benzene rings is 1. The number of nitrogens with one attached hydrogen (secondary N) is 4. The number of carboxylic acid groups (broad SMARTS) is 2. The summed E-state index contributed by atoms with van der Waals surface area (Å²) >= 11 is 0. The van der Waals surface area contributed by atoms with Gasteiger partial charge in [0.25, 0.3) is 0 Å². The summed E-state index contributed by atoms with van der Waals surface area (Å²) in [6.07, 6.45) is 14.1. The summed E-state index contributed by atoms with van der Waals surface area (Å²) in [6.45, 7) is 4.53. The van der Waals surface area contributed by atoms with E-state index in [0.717, 1.165) is 70.6 Å². The lowest BCUT2D eigenvalue weighted by Gasteiger charge is -2.14. The fraction of sp³-hybridized carbons (Fsp3) is 0.707. The van der Waals surface area contributed by atoms with E-state index in [1.165, 1.54) is 12.1 Å². The highest BCUT2D eigenvalue weighted by atomic mass is 16.5. The van der Waals surface area contributed by atoms with Gasteiger partial charge in [0, 0.05) is 32.5 Å². The number of hydrogen-bond donors (Lipinski definition) is 7. The highest BCUT2D eigenvalue weighted by molar-refractivity contribution is 5.87. The zero-order valence-electron chi connectivity index (χ0n) is 34.0. The molecule has 0 radical (unpaired) electrons. The molecule has 16 heteroatoms. The minimum atomic E-state index is -1.19. The maximum absolute atomic E-state index is 12.3. The standard InChI is InChI=1S/C41H69N5O11/c1-2-3-13-25-45-39(50)34(42)16-12-14-24-43-38(49)31-56-30-29-55-28-26-44-36(47)23-22-35(41(53)54)46-37(48)17-11-9-7-5-4-6-8-10-15-27-57-33-20-18-32(19-21-33)40(51)52/h18-21,34-35H,2-17,22-31,42H2,1H3,(H,43,49)(H,44,47)(H,45,50)(H,46,48)(H,51,52)(H,53,54)/t34-,35-/m0/s1. The van der Waals surface area contributed by atoms with Gasteiger partial charge in [-0.15, -0.1) is 0 Å². The van der Waals surface area contributed by atoms with Crippen LogP contribution in [-0.4, -0.2) is 111 Å². The number of aromatic carboxylic acids is 1. The molecule has 1 rings (SSSR count). The van der Waals surface area contributed by atoms with Gasteiger partial charge in [0.1, 0.15) is 18.4 Å². The molecule has 0 fully saturated rings. The van der Waals surface area contributed by atoms with Crippen molar-refractivity contribution in [2.75, 3.05) is 52.7 Å². The lowest BCUT2D eigenvalue weighted by atomic mass is 10.1. The minimum Gasteiger partial charge on any atom is -0.494 e. The maximum Gasteiger partial charge on any atom is 0.335 e. The smallest absolute Gasteiger partial charge is 0.335 e. The molecule has 1 aromatic carbocycles. The number of hydrogen-bond acceptors (Lipinski definition) is 10. The zero-order valence-corrected chi connectivity index (χ0v) is 34.0. The number of carbonyl (C=O) groups is 6. The summed E-state index contributed by atoms with van der Waals surface area (Å²) in [6, 6.07) is 4.69. The van der Waals surface area contributed by atoms with E-state index < -0.39 is 24.0 Å². The van der Waals surface area contributed by atoms with Crippen molar-refractivity contribution in [2.24, 2.45) is 5.73 Å². The molecule has 0 aromatic heterocycles. The summed E-state index contributed by atoms with van der Waals surface area (Å²) < 4.78 is 16.4. The average Bonchev–Trinajstić information content (AvgIpc) is 3.19. The summed E-state index contributed by atoms with van der Waals surface area (Å²) in [7, 11) is 0. The second kappa shape index (κ2) is 33.8. The van der Waals surface area contributed by atoms with Crippen LogP contribution in [-0.2, 0) is 33.4 Å². The number of amides is 4. The van der Waals surface area contributed by atoms with Gasteiger partial charge in [-0.25, -0.2) is 9.59 Å². The van der Waals surface area contributed by atoms with Gasteiger partial charge in [-0.1, -0.05) is 64.7 Å². The normalized spacial score (nSPS) is 12.0. The van der Waals surface area contributed by atoms with E-state index in [1.54, 1.807) is 12.1 Å². The predicted octanol–water partition coefficient (Wildman–Crippen LogP) is 4.08. The molecule has 2 atom stereocenters. The first kappa shape index (κ1) is 50.7. The van der Waals surface area contributed by atoms with Crippen molar-refractivity contribution < 1.29 is 53.2 Å². The van der Waals surface area contributed by atoms with Crippen LogP contribution in [0.5, 0.6) is 5.75 Å². The Kier molecular flexibility index (Phi) is 30.1. The van der Waals surface area contributed by atoms with Crippen molar-refractivity contribution in [3.8, 4) is 5.75 Å². The highest BCUT2D eigenvalue weighted by Gasteiger charge is 2.21. The van der Waals surface area contributed by atoms with Crippen LogP contribution in [0, 0.1) is 0 Å². The van der Waals surface area contributed by atoms with Crippen molar-refractivity contribution in [3.63, 3.8) is 0 Å². The van der Waals surface area contributed by atoms with Gasteiger partial charge in [0.2, 0.25) is 23.6 Å². The number of nitrogens with two attached hydrogens (primary N) is 1.